The Balaban J connectivity index is 1.26. The van der Waals surface area contributed by atoms with Gasteiger partial charge in [-0.2, -0.15) is 0 Å². The van der Waals surface area contributed by atoms with Gasteiger partial charge in [-0.3, -0.25) is 4.79 Å². The van der Waals surface area contributed by atoms with E-state index in [1.54, 1.807) is 48.5 Å². The van der Waals surface area contributed by atoms with E-state index in [0.717, 1.165) is 5.69 Å². The van der Waals surface area contributed by atoms with Crippen molar-refractivity contribution in [2.75, 3.05) is 12.1 Å². The van der Waals surface area contributed by atoms with E-state index in [4.69, 9.17) is 9.47 Å². The van der Waals surface area contributed by atoms with Crippen molar-refractivity contribution in [3.05, 3.63) is 84.2 Å². The number of rotatable bonds is 7. The fraction of sp³-hybridized carbons (Fsp3) is 0.0909. The Morgan fingerprint density at radius 1 is 1.00 bits per heavy atom. The first-order chi connectivity index (χ1) is 16.5. The summed E-state index contributed by atoms with van der Waals surface area (Å²) in [6.45, 7) is 0.200. The Morgan fingerprint density at radius 3 is 2.62 bits per heavy atom. The van der Waals surface area contributed by atoms with Crippen LogP contribution in [0, 0.1) is 0 Å². The number of benzene rings is 3. The molecule has 1 aromatic heterocycles. The molecule has 0 atom stereocenters. The van der Waals surface area contributed by atoms with Crippen LogP contribution < -0.4 is 19.5 Å². The molecule has 2 N–H and O–H groups in total. The molecule has 0 bridgehead atoms. The van der Waals surface area contributed by atoms with Gasteiger partial charge < -0.3 is 14.8 Å². The van der Waals surface area contributed by atoms with Gasteiger partial charge in [0, 0.05) is 17.8 Å². The Labute approximate surface area is 194 Å². The van der Waals surface area contributed by atoms with Gasteiger partial charge in [-0.05, 0) is 70.6 Å². The smallest absolute Gasteiger partial charge is 0.255 e. The minimum atomic E-state index is -3.86. The summed E-state index contributed by atoms with van der Waals surface area (Å²) in [7, 11) is -3.86. The normalized spacial score (nSPS) is 12.5. The van der Waals surface area contributed by atoms with Crippen LogP contribution in [0.4, 0.5) is 5.69 Å². The molecule has 11 nitrogen and oxygen atoms in total. The zero-order chi connectivity index (χ0) is 23.5. The van der Waals surface area contributed by atoms with E-state index in [2.05, 4.69) is 25.6 Å². The van der Waals surface area contributed by atoms with Crippen molar-refractivity contribution in [1.82, 2.24) is 24.9 Å². The number of aromatic nitrogens is 4. The standard InChI is InChI=1S/C22H18N6O5S/c29-22(25-17-5-7-18(8-6-17)28-13-23-26-27-28)16-2-1-3-19(11-16)34(30,31)24-12-15-4-9-20-21(10-15)33-14-32-20/h1-11,13,24H,12,14H2,(H,25,29). The lowest BCUT2D eigenvalue weighted by Crippen LogP contribution is -2.23. The first kappa shape index (κ1) is 21.6. The number of anilines is 1. The Hall–Kier alpha value is -4.29. The number of carbonyl (C=O) groups is 1. The number of hydrogen-bond donors (Lipinski definition) is 2. The number of sulfonamides is 1. The number of carbonyl (C=O) groups excluding carboxylic acids is 1. The van der Waals surface area contributed by atoms with Gasteiger partial charge in [0.1, 0.15) is 6.33 Å². The molecule has 5 rings (SSSR count). The topological polar surface area (TPSA) is 137 Å². The summed E-state index contributed by atoms with van der Waals surface area (Å²) >= 11 is 0. The first-order valence-corrected chi connectivity index (χ1v) is 11.6. The van der Waals surface area contributed by atoms with Gasteiger partial charge >= 0.3 is 0 Å². The number of hydrogen-bond acceptors (Lipinski definition) is 8. The SMILES string of the molecule is O=C(Nc1ccc(-n2cnnn2)cc1)c1cccc(S(=O)(=O)NCc2ccc3c(c2)OCO3)c1. The highest BCUT2D eigenvalue weighted by atomic mass is 32.2. The third-order valence-corrected chi connectivity index (χ3v) is 6.45. The molecule has 0 saturated heterocycles. The Morgan fingerprint density at radius 2 is 1.82 bits per heavy atom. The van der Waals surface area contributed by atoms with Gasteiger partial charge in [-0.15, -0.1) is 5.10 Å². The molecule has 1 aliphatic rings. The van der Waals surface area contributed by atoms with Crippen LogP contribution in [0.15, 0.2) is 78.0 Å². The monoisotopic (exact) mass is 478 g/mol. The highest BCUT2D eigenvalue weighted by molar-refractivity contribution is 7.89. The maximum atomic E-state index is 12.8. The second kappa shape index (κ2) is 8.92. The fourth-order valence-electron chi connectivity index (χ4n) is 3.30. The third-order valence-electron chi connectivity index (χ3n) is 5.05. The molecule has 4 aromatic rings. The Kier molecular flexibility index (Phi) is 5.65. The van der Waals surface area contributed by atoms with Crippen LogP contribution in [0.5, 0.6) is 11.5 Å². The van der Waals surface area contributed by atoms with Crippen LogP contribution in [0.3, 0.4) is 0 Å². The van der Waals surface area contributed by atoms with Gasteiger partial charge in [-0.25, -0.2) is 17.8 Å². The summed E-state index contributed by atoms with van der Waals surface area (Å²) in [5.74, 6) is 0.750. The van der Waals surface area contributed by atoms with Crippen molar-refractivity contribution in [2.24, 2.45) is 0 Å². The van der Waals surface area contributed by atoms with Crippen LogP contribution in [-0.2, 0) is 16.6 Å². The maximum absolute atomic E-state index is 12.8. The predicted molar refractivity (Wildman–Crippen MR) is 120 cm³/mol. The van der Waals surface area contributed by atoms with Crippen LogP contribution >= 0.6 is 0 Å². The van der Waals surface area contributed by atoms with Crippen LogP contribution in [0.2, 0.25) is 0 Å². The summed E-state index contributed by atoms with van der Waals surface area (Å²) in [6, 6.07) is 17.9. The first-order valence-electron chi connectivity index (χ1n) is 10.1. The zero-order valence-electron chi connectivity index (χ0n) is 17.6. The number of tetrazole rings is 1. The molecular formula is C22H18N6O5S. The highest BCUT2D eigenvalue weighted by Gasteiger charge is 2.18. The van der Waals surface area contributed by atoms with Crippen molar-refractivity contribution in [1.29, 1.82) is 0 Å². The maximum Gasteiger partial charge on any atom is 0.255 e. The van der Waals surface area contributed by atoms with Gasteiger partial charge in [0.15, 0.2) is 11.5 Å². The summed E-state index contributed by atoms with van der Waals surface area (Å²) < 4.78 is 40.2. The van der Waals surface area contributed by atoms with Gasteiger partial charge in [0.25, 0.3) is 5.91 Å². The largest absolute Gasteiger partial charge is 0.454 e. The lowest BCUT2D eigenvalue weighted by Gasteiger charge is -2.10. The molecule has 12 heteroatoms. The number of nitrogens with one attached hydrogen (secondary N) is 2. The van der Waals surface area contributed by atoms with Crippen molar-refractivity contribution in [3.8, 4) is 17.2 Å². The summed E-state index contributed by atoms with van der Waals surface area (Å²) in [5, 5.41) is 13.7. The average molecular weight is 478 g/mol. The Bertz CT molecular complexity index is 1440. The molecule has 0 fully saturated rings. The molecule has 0 aliphatic carbocycles. The molecule has 1 aliphatic heterocycles. The van der Waals surface area contributed by atoms with E-state index in [1.165, 1.54) is 29.2 Å². The second-order valence-corrected chi connectivity index (χ2v) is 9.06. The minimum absolute atomic E-state index is 0.0186. The number of ether oxygens (including phenoxy) is 2. The number of nitrogens with zero attached hydrogens (tertiary/aromatic N) is 4. The lowest BCUT2D eigenvalue weighted by molar-refractivity contribution is 0.102. The number of amides is 1. The van der Waals surface area contributed by atoms with Crippen LogP contribution in [-0.4, -0.2) is 41.3 Å². The summed E-state index contributed by atoms with van der Waals surface area (Å²) in [6.07, 6.45) is 1.46. The van der Waals surface area contributed by atoms with E-state index >= 15 is 0 Å². The number of fused-ring (bicyclic) bond motifs is 1. The summed E-state index contributed by atoms with van der Waals surface area (Å²) in [5.41, 5.74) is 2.18. The molecule has 3 aromatic carbocycles. The third kappa shape index (κ3) is 4.58. The van der Waals surface area contributed by atoms with Gasteiger partial charge in [0.2, 0.25) is 16.8 Å². The van der Waals surface area contributed by atoms with E-state index in [-0.39, 0.29) is 23.8 Å². The molecule has 0 spiro atoms. The minimum Gasteiger partial charge on any atom is -0.454 e. The molecule has 1 amide bonds. The van der Waals surface area contributed by atoms with Crippen LogP contribution in [0.25, 0.3) is 5.69 Å². The second-order valence-electron chi connectivity index (χ2n) is 7.30. The highest BCUT2D eigenvalue weighted by Crippen LogP contribution is 2.32. The predicted octanol–water partition coefficient (Wildman–Crippen LogP) is 2.12. The lowest BCUT2D eigenvalue weighted by atomic mass is 10.2. The van der Waals surface area contributed by atoms with E-state index < -0.39 is 15.9 Å². The molecule has 34 heavy (non-hydrogen) atoms. The molecule has 0 saturated carbocycles. The molecule has 0 radical (unpaired) electrons. The van der Waals surface area contributed by atoms with E-state index in [9.17, 15) is 13.2 Å². The van der Waals surface area contributed by atoms with E-state index in [0.29, 0.717) is 22.7 Å². The summed E-state index contributed by atoms with van der Waals surface area (Å²) in [4.78, 5) is 12.7. The van der Waals surface area contributed by atoms with E-state index in [1.807, 2.05) is 0 Å². The van der Waals surface area contributed by atoms with Crippen molar-refractivity contribution < 1.29 is 22.7 Å². The van der Waals surface area contributed by atoms with Crippen molar-refractivity contribution >= 4 is 21.6 Å². The average Bonchev–Trinajstić information content (AvgIpc) is 3.55. The van der Waals surface area contributed by atoms with Gasteiger partial charge in [0.05, 0.1) is 10.6 Å². The van der Waals surface area contributed by atoms with Crippen LogP contribution in [0.1, 0.15) is 15.9 Å². The van der Waals surface area contributed by atoms with Crippen molar-refractivity contribution in [3.63, 3.8) is 0 Å². The molecular weight excluding hydrogens is 460 g/mol. The van der Waals surface area contributed by atoms with Crippen molar-refractivity contribution in [2.45, 2.75) is 11.4 Å². The zero-order valence-corrected chi connectivity index (χ0v) is 18.4. The fourth-order valence-corrected chi connectivity index (χ4v) is 4.36. The van der Waals surface area contributed by atoms with Gasteiger partial charge in [-0.1, -0.05) is 12.1 Å². The molecule has 2 heterocycles. The quantitative estimate of drug-likeness (QED) is 0.412. The molecule has 172 valence electrons. The molecule has 0 unspecified atom stereocenters.